The smallest absolute Gasteiger partial charge is 0.287 e. The first-order valence-electron chi connectivity index (χ1n) is 6.38. The van der Waals surface area contributed by atoms with Crippen molar-refractivity contribution in [1.29, 1.82) is 0 Å². The third kappa shape index (κ3) is 2.50. The number of benzene rings is 1. The highest BCUT2D eigenvalue weighted by atomic mass is 35.5. The minimum Gasteiger partial charge on any atom is -0.344 e. The van der Waals surface area contributed by atoms with Crippen LogP contribution in [0.5, 0.6) is 0 Å². The number of halogens is 1. The second-order valence-corrected chi connectivity index (χ2v) is 4.78. The lowest BCUT2D eigenvalue weighted by molar-refractivity contribution is 0.945. The molecule has 7 heteroatoms. The number of nitrogens with one attached hydrogen (secondary N) is 1. The number of hydrogen-bond donors (Lipinski definition) is 1. The molecule has 0 atom stereocenters. The van der Waals surface area contributed by atoms with Gasteiger partial charge in [-0.05, 0) is 24.3 Å². The standard InChI is InChI=1S/C15H10ClN5O/c1-2-7-19-15-20-13-12(17-8-9-18-13)14(22)21(15)11-5-3-10(16)4-6-11/h1,3-6,8-9H,7H2,(H,18,19,20). The molecule has 3 rings (SSSR count). The van der Waals surface area contributed by atoms with E-state index in [4.69, 9.17) is 18.0 Å². The molecule has 6 nitrogen and oxygen atoms in total. The number of terminal acetylenes is 1. The number of fused-ring (bicyclic) bond motifs is 1. The van der Waals surface area contributed by atoms with Crippen LogP contribution >= 0.6 is 11.6 Å². The Hall–Kier alpha value is -2.91. The molecule has 3 aromatic rings. The van der Waals surface area contributed by atoms with Gasteiger partial charge in [0.15, 0.2) is 11.2 Å². The van der Waals surface area contributed by atoms with Crippen LogP contribution in [0.25, 0.3) is 16.9 Å². The predicted molar refractivity (Wildman–Crippen MR) is 85.3 cm³/mol. The number of rotatable bonds is 3. The van der Waals surface area contributed by atoms with Gasteiger partial charge in [-0.1, -0.05) is 17.5 Å². The van der Waals surface area contributed by atoms with Gasteiger partial charge in [-0.25, -0.2) is 14.5 Å². The summed E-state index contributed by atoms with van der Waals surface area (Å²) in [6.07, 6.45) is 8.19. The van der Waals surface area contributed by atoms with Crippen LogP contribution in [-0.4, -0.2) is 26.1 Å². The Bertz CT molecular complexity index is 927. The van der Waals surface area contributed by atoms with Crippen LogP contribution in [0.1, 0.15) is 0 Å². The van der Waals surface area contributed by atoms with Gasteiger partial charge in [-0.3, -0.25) is 4.79 Å². The van der Waals surface area contributed by atoms with E-state index in [1.807, 2.05) is 0 Å². The van der Waals surface area contributed by atoms with E-state index in [1.165, 1.54) is 17.0 Å². The van der Waals surface area contributed by atoms with Crippen LogP contribution in [0.3, 0.4) is 0 Å². The molecule has 0 saturated heterocycles. The van der Waals surface area contributed by atoms with Crippen molar-refractivity contribution in [2.75, 3.05) is 11.9 Å². The molecule has 2 aromatic heterocycles. The zero-order chi connectivity index (χ0) is 15.5. The van der Waals surface area contributed by atoms with E-state index in [2.05, 4.69) is 26.2 Å². The summed E-state index contributed by atoms with van der Waals surface area (Å²) in [7, 11) is 0. The highest BCUT2D eigenvalue weighted by Crippen LogP contribution is 2.16. The minimum atomic E-state index is -0.333. The summed E-state index contributed by atoms with van der Waals surface area (Å²) in [6, 6.07) is 6.81. The van der Waals surface area contributed by atoms with Crippen LogP contribution in [-0.2, 0) is 0 Å². The average molecular weight is 312 g/mol. The number of hydrogen-bond acceptors (Lipinski definition) is 5. The Morgan fingerprint density at radius 3 is 2.68 bits per heavy atom. The Kier molecular flexibility index (Phi) is 3.73. The van der Waals surface area contributed by atoms with Gasteiger partial charge < -0.3 is 5.32 Å². The van der Waals surface area contributed by atoms with Gasteiger partial charge in [0.1, 0.15) is 0 Å². The molecule has 0 unspecified atom stereocenters. The van der Waals surface area contributed by atoms with Crippen LogP contribution in [0.15, 0.2) is 41.5 Å². The second kappa shape index (κ2) is 5.84. The van der Waals surface area contributed by atoms with Crippen molar-refractivity contribution >= 4 is 28.7 Å². The summed E-state index contributed by atoms with van der Waals surface area (Å²) in [5.41, 5.74) is 0.717. The molecule has 0 saturated carbocycles. The van der Waals surface area contributed by atoms with Gasteiger partial charge in [-0.15, -0.1) is 6.42 Å². The predicted octanol–water partition coefficient (Wildman–Crippen LogP) is 1.87. The molecule has 1 aromatic carbocycles. The van der Waals surface area contributed by atoms with Crippen molar-refractivity contribution in [1.82, 2.24) is 19.5 Å². The summed E-state index contributed by atoms with van der Waals surface area (Å²) in [4.78, 5) is 25.1. The summed E-state index contributed by atoms with van der Waals surface area (Å²) in [5, 5.41) is 3.50. The van der Waals surface area contributed by atoms with E-state index in [0.29, 0.717) is 16.7 Å². The second-order valence-electron chi connectivity index (χ2n) is 4.34. The molecule has 0 radical (unpaired) electrons. The third-order valence-corrected chi connectivity index (χ3v) is 3.19. The van der Waals surface area contributed by atoms with Crippen molar-refractivity contribution in [3.63, 3.8) is 0 Å². The highest BCUT2D eigenvalue weighted by molar-refractivity contribution is 6.30. The van der Waals surface area contributed by atoms with E-state index in [9.17, 15) is 4.79 Å². The van der Waals surface area contributed by atoms with Crippen LogP contribution < -0.4 is 10.9 Å². The molecule has 108 valence electrons. The molecule has 0 aliphatic heterocycles. The Labute approximate surface area is 130 Å². The van der Waals surface area contributed by atoms with Gasteiger partial charge >= 0.3 is 0 Å². The molecule has 22 heavy (non-hydrogen) atoms. The summed E-state index contributed by atoms with van der Waals surface area (Å²) in [5.74, 6) is 2.75. The Balaban J connectivity index is 2.30. The first kappa shape index (κ1) is 14.0. The largest absolute Gasteiger partial charge is 0.344 e. The van der Waals surface area contributed by atoms with Crippen molar-refractivity contribution in [2.45, 2.75) is 0 Å². The molecule has 0 bridgehead atoms. The molecule has 0 aliphatic rings. The van der Waals surface area contributed by atoms with Crippen LogP contribution in [0.2, 0.25) is 5.02 Å². The van der Waals surface area contributed by atoms with E-state index in [-0.39, 0.29) is 23.3 Å². The van der Waals surface area contributed by atoms with E-state index >= 15 is 0 Å². The first-order chi connectivity index (χ1) is 10.7. The topological polar surface area (TPSA) is 72.7 Å². The quantitative estimate of drug-likeness (QED) is 0.748. The number of nitrogens with zero attached hydrogens (tertiary/aromatic N) is 4. The van der Waals surface area contributed by atoms with Crippen molar-refractivity contribution in [2.24, 2.45) is 0 Å². The van der Waals surface area contributed by atoms with Gasteiger partial charge in [0.05, 0.1) is 12.2 Å². The SMILES string of the molecule is C#CCNc1nc2nccnc2c(=O)n1-c1ccc(Cl)cc1. The van der Waals surface area contributed by atoms with Crippen LogP contribution in [0.4, 0.5) is 5.95 Å². The molecule has 1 N–H and O–H groups in total. The van der Waals surface area contributed by atoms with Gasteiger partial charge in [-0.2, -0.15) is 4.98 Å². The maximum Gasteiger partial charge on any atom is 0.287 e. The molecular weight excluding hydrogens is 302 g/mol. The van der Waals surface area contributed by atoms with Crippen molar-refractivity contribution in [3.05, 3.63) is 52.0 Å². The van der Waals surface area contributed by atoms with Crippen LogP contribution in [0, 0.1) is 12.3 Å². The van der Waals surface area contributed by atoms with Crippen molar-refractivity contribution < 1.29 is 0 Å². The third-order valence-electron chi connectivity index (χ3n) is 2.94. The lowest BCUT2D eigenvalue weighted by Gasteiger charge is -2.13. The van der Waals surface area contributed by atoms with Gasteiger partial charge in [0.25, 0.3) is 5.56 Å². The molecule has 0 spiro atoms. The summed E-state index contributed by atoms with van der Waals surface area (Å²) >= 11 is 5.89. The number of anilines is 1. The molecule has 0 aliphatic carbocycles. The lowest BCUT2D eigenvalue weighted by Crippen LogP contribution is -2.25. The Morgan fingerprint density at radius 1 is 1.23 bits per heavy atom. The maximum atomic E-state index is 12.7. The van der Waals surface area contributed by atoms with Crippen molar-refractivity contribution in [3.8, 4) is 18.0 Å². The molecule has 0 amide bonds. The first-order valence-corrected chi connectivity index (χ1v) is 6.75. The minimum absolute atomic E-state index is 0.184. The molecule has 2 heterocycles. The van der Waals surface area contributed by atoms with E-state index in [0.717, 1.165) is 0 Å². The summed E-state index contributed by atoms with van der Waals surface area (Å²) < 4.78 is 1.39. The average Bonchev–Trinajstić information content (AvgIpc) is 2.54. The fourth-order valence-electron chi connectivity index (χ4n) is 1.99. The van der Waals surface area contributed by atoms with E-state index in [1.54, 1.807) is 24.3 Å². The zero-order valence-corrected chi connectivity index (χ0v) is 12.1. The summed E-state index contributed by atoms with van der Waals surface area (Å²) in [6.45, 7) is 0.228. The maximum absolute atomic E-state index is 12.7. The fourth-order valence-corrected chi connectivity index (χ4v) is 2.12. The van der Waals surface area contributed by atoms with Gasteiger partial charge in [0.2, 0.25) is 5.95 Å². The Morgan fingerprint density at radius 2 is 1.95 bits per heavy atom. The fraction of sp³-hybridized carbons (Fsp3) is 0.0667. The molecule has 0 fully saturated rings. The van der Waals surface area contributed by atoms with E-state index < -0.39 is 0 Å². The van der Waals surface area contributed by atoms with Gasteiger partial charge in [0, 0.05) is 17.4 Å². The number of aromatic nitrogens is 4. The normalized spacial score (nSPS) is 10.4. The molecular formula is C15H10ClN5O. The lowest BCUT2D eigenvalue weighted by atomic mass is 10.3. The monoisotopic (exact) mass is 311 g/mol. The highest BCUT2D eigenvalue weighted by Gasteiger charge is 2.13. The zero-order valence-electron chi connectivity index (χ0n) is 11.3.